The second-order valence-corrected chi connectivity index (χ2v) is 3.71. The van der Waals surface area contributed by atoms with Gasteiger partial charge in [-0.05, 0) is 6.42 Å². The Morgan fingerprint density at radius 2 is 2.08 bits per heavy atom. The Kier molecular flexibility index (Phi) is 2.55. The van der Waals surface area contributed by atoms with Crippen molar-refractivity contribution in [2.45, 2.75) is 46.0 Å². The predicted octanol–water partition coefficient (Wildman–Crippen LogP) is 2.92. The topological polar surface area (TPSA) is 26.0 Å². The van der Waals surface area contributed by atoms with E-state index in [0.29, 0.717) is 0 Å². The van der Waals surface area contributed by atoms with Crippen molar-refractivity contribution in [1.82, 2.24) is 4.98 Å². The maximum atomic E-state index is 5.58. The van der Waals surface area contributed by atoms with Crippen LogP contribution in [0.25, 0.3) is 0 Å². The zero-order valence-electron chi connectivity index (χ0n) is 8.35. The molecule has 12 heavy (non-hydrogen) atoms. The molecule has 0 bridgehead atoms. The number of oxazole rings is 1. The minimum Gasteiger partial charge on any atom is -0.445 e. The lowest BCUT2D eigenvalue weighted by Crippen LogP contribution is -2.13. The van der Waals surface area contributed by atoms with Crippen molar-refractivity contribution in [3.63, 3.8) is 0 Å². The summed E-state index contributed by atoms with van der Waals surface area (Å²) in [6.07, 6.45) is 3.80. The molecule has 0 aliphatic carbocycles. The summed E-state index contributed by atoms with van der Waals surface area (Å²) in [5, 5.41) is 0. The second kappa shape index (κ2) is 3.30. The summed E-state index contributed by atoms with van der Waals surface area (Å²) in [6, 6.07) is 0. The molecule has 1 rings (SSSR count). The maximum absolute atomic E-state index is 5.58. The smallest absolute Gasteiger partial charge is 0.194 e. The lowest BCUT2D eigenvalue weighted by molar-refractivity contribution is 0.357. The largest absolute Gasteiger partial charge is 0.445 e. The van der Waals surface area contributed by atoms with Crippen molar-refractivity contribution >= 4 is 0 Å². The van der Waals surface area contributed by atoms with Gasteiger partial charge in [0.2, 0.25) is 0 Å². The van der Waals surface area contributed by atoms with Crippen LogP contribution in [-0.2, 0) is 11.8 Å². The quantitative estimate of drug-likeness (QED) is 0.691. The average Bonchev–Trinajstić information content (AvgIpc) is 2.52. The first-order chi connectivity index (χ1) is 5.60. The average molecular weight is 167 g/mol. The van der Waals surface area contributed by atoms with Gasteiger partial charge < -0.3 is 4.42 Å². The fraction of sp³-hybridized carbons (Fsp3) is 0.700. The Morgan fingerprint density at radius 3 is 2.50 bits per heavy atom. The molecule has 0 radical (unpaired) electrons. The van der Waals surface area contributed by atoms with Gasteiger partial charge in [0, 0.05) is 11.8 Å². The van der Waals surface area contributed by atoms with Gasteiger partial charge in [-0.3, -0.25) is 0 Å². The Labute approximate surface area is 74.0 Å². The first-order valence-electron chi connectivity index (χ1n) is 4.55. The third-order valence-electron chi connectivity index (χ3n) is 2.41. The summed E-state index contributed by atoms with van der Waals surface area (Å²) < 4.78 is 5.58. The molecule has 0 fully saturated rings. The highest BCUT2D eigenvalue weighted by Crippen LogP contribution is 2.26. The van der Waals surface area contributed by atoms with Gasteiger partial charge in [-0.15, -0.1) is 0 Å². The first kappa shape index (κ1) is 9.30. The Balaban J connectivity index is 2.88. The van der Waals surface area contributed by atoms with Crippen LogP contribution in [0.5, 0.6) is 0 Å². The third kappa shape index (κ3) is 1.68. The van der Waals surface area contributed by atoms with E-state index in [0.717, 1.165) is 24.5 Å². The van der Waals surface area contributed by atoms with Crippen LogP contribution in [0.3, 0.4) is 0 Å². The molecular formula is C10H17NO. The van der Waals surface area contributed by atoms with Gasteiger partial charge in [0.05, 0.1) is 6.20 Å². The predicted molar refractivity (Wildman–Crippen MR) is 49.2 cm³/mol. The van der Waals surface area contributed by atoms with Crippen LogP contribution in [0.2, 0.25) is 0 Å². The Bertz CT molecular complexity index is 250. The van der Waals surface area contributed by atoms with Gasteiger partial charge in [-0.2, -0.15) is 0 Å². The molecule has 0 N–H and O–H groups in total. The Hall–Kier alpha value is -0.790. The molecule has 1 heterocycles. The molecule has 2 nitrogen and oxygen atoms in total. The molecule has 1 aromatic heterocycles. The zero-order chi connectivity index (χ0) is 9.19. The van der Waals surface area contributed by atoms with Gasteiger partial charge in [0.15, 0.2) is 5.89 Å². The van der Waals surface area contributed by atoms with Crippen molar-refractivity contribution in [1.29, 1.82) is 0 Å². The molecule has 0 aliphatic rings. The molecule has 1 aromatic rings. The lowest BCUT2D eigenvalue weighted by atomic mass is 9.88. The van der Waals surface area contributed by atoms with Crippen LogP contribution in [0.15, 0.2) is 10.6 Å². The van der Waals surface area contributed by atoms with Crippen LogP contribution in [0, 0.1) is 0 Å². The van der Waals surface area contributed by atoms with Gasteiger partial charge in [0.25, 0.3) is 0 Å². The number of hydrogen-bond acceptors (Lipinski definition) is 2. The molecule has 0 aliphatic heterocycles. The van der Waals surface area contributed by atoms with E-state index in [2.05, 4.69) is 32.7 Å². The number of nitrogens with zero attached hydrogens (tertiary/aromatic N) is 1. The van der Waals surface area contributed by atoms with E-state index in [1.807, 2.05) is 6.20 Å². The van der Waals surface area contributed by atoms with Crippen molar-refractivity contribution in [3.8, 4) is 0 Å². The van der Waals surface area contributed by atoms with Crippen LogP contribution in [0.4, 0.5) is 0 Å². The normalized spacial score (nSPS) is 12.0. The van der Waals surface area contributed by atoms with Crippen LogP contribution >= 0.6 is 0 Å². The molecule has 68 valence electrons. The maximum Gasteiger partial charge on any atom is 0.194 e. The molecule has 0 atom stereocenters. The van der Waals surface area contributed by atoms with Crippen molar-refractivity contribution in [2.24, 2.45) is 0 Å². The van der Waals surface area contributed by atoms with Gasteiger partial charge in [0.1, 0.15) is 5.76 Å². The monoisotopic (exact) mass is 167 g/mol. The van der Waals surface area contributed by atoms with Crippen LogP contribution in [0.1, 0.15) is 45.8 Å². The van der Waals surface area contributed by atoms with E-state index in [9.17, 15) is 0 Å². The number of aromatic nitrogens is 1. The third-order valence-corrected chi connectivity index (χ3v) is 2.41. The van der Waals surface area contributed by atoms with E-state index in [1.165, 1.54) is 0 Å². The highest BCUT2D eigenvalue weighted by Gasteiger charge is 2.22. The molecule has 0 amide bonds. The van der Waals surface area contributed by atoms with Gasteiger partial charge in [-0.25, -0.2) is 4.98 Å². The molecule has 0 spiro atoms. The summed E-state index contributed by atoms with van der Waals surface area (Å²) >= 11 is 0. The highest BCUT2D eigenvalue weighted by molar-refractivity contribution is 5.07. The lowest BCUT2D eigenvalue weighted by Gasteiger charge is -2.18. The zero-order valence-corrected chi connectivity index (χ0v) is 8.35. The summed E-state index contributed by atoms with van der Waals surface area (Å²) in [4.78, 5) is 4.18. The number of aryl methyl sites for hydroxylation is 1. The van der Waals surface area contributed by atoms with Crippen molar-refractivity contribution in [3.05, 3.63) is 17.8 Å². The van der Waals surface area contributed by atoms with Crippen LogP contribution < -0.4 is 0 Å². The summed E-state index contributed by atoms with van der Waals surface area (Å²) in [7, 11) is 0. The summed E-state index contributed by atoms with van der Waals surface area (Å²) in [5.41, 5.74) is 0.125. The molecular weight excluding hydrogens is 150 g/mol. The molecule has 0 aromatic carbocycles. The SMILES string of the molecule is CCc1ncc(C(C)(C)CC)o1. The Morgan fingerprint density at radius 1 is 1.42 bits per heavy atom. The van der Waals surface area contributed by atoms with E-state index in [4.69, 9.17) is 4.42 Å². The molecule has 2 heteroatoms. The van der Waals surface area contributed by atoms with Crippen molar-refractivity contribution in [2.75, 3.05) is 0 Å². The standard InChI is InChI=1S/C10H17NO/c1-5-9-11-7-8(12-9)10(3,4)6-2/h7H,5-6H2,1-4H3. The summed E-state index contributed by atoms with van der Waals surface area (Å²) in [5.74, 6) is 1.84. The van der Waals surface area contributed by atoms with E-state index in [1.54, 1.807) is 0 Å². The number of hydrogen-bond donors (Lipinski definition) is 0. The van der Waals surface area contributed by atoms with E-state index in [-0.39, 0.29) is 5.41 Å². The fourth-order valence-corrected chi connectivity index (χ4v) is 0.961. The minimum absolute atomic E-state index is 0.125. The summed E-state index contributed by atoms with van der Waals surface area (Å²) in [6.45, 7) is 8.56. The van der Waals surface area contributed by atoms with Gasteiger partial charge in [-0.1, -0.05) is 27.7 Å². The van der Waals surface area contributed by atoms with Crippen LogP contribution in [-0.4, -0.2) is 4.98 Å². The van der Waals surface area contributed by atoms with Crippen molar-refractivity contribution < 1.29 is 4.42 Å². The first-order valence-corrected chi connectivity index (χ1v) is 4.55. The highest BCUT2D eigenvalue weighted by atomic mass is 16.4. The number of rotatable bonds is 3. The fourth-order valence-electron chi connectivity index (χ4n) is 0.961. The van der Waals surface area contributed by atoms with E-state index >= 15 is 0 Å². The minimum atomic E-state index is 0.125. The molecule has 0 unspecified atom stereocenters. The molecule has 0 saturated heterocycles. The second-order valence-electron chi connectivity index (χ2n) is 3.71. The molecule has 0 saturated carbocycles. The van der Waals surface area contributed by atoms with E-state index < -0.39 is 0 Å². The van der Waals surface area contributed by atoms with Gasteiger partial charge >= 0.3 is 0 Å².